The van der Waals surface area contributed by atoms with Gasteiger partial charge in [0.1, 0.15) is 11.1 Å². The van der Waals surface area contributed by atoms with E-state index in [4.69, 9.17) is 4.74 Å². The first-order chi connectivity index (χ1) is 14.4. The molecule has 2 aliphatic rings. The van der Waals surface area contributed by atoms with Gasteiger partial charge >= 0.3 is 5.97 Å². The number of carbonyl (C=O) groups is 2. The van der Waals surface area contributed by atoms with Gasteiger partial charge in [0.2, 0.25) is 5.91 Å². The molecule has 0 aromatic heterocycles. The van der Waals surface area contributed by atoms with E-state index in [1.165, 1.54) is 23.8 Å². The Morgan fingerprint density at radius 2 is 2.17 bits per heavy atom. The molecule has 3 N–H and O–H groups in total. The predicted octanol–water partition coefficient (Wildman–Crippen LogP) is 2.33. The molecule has 9 heteroatoms. The zero-order valence-corrected chi connectivity index (χ0v) is 18.2. The zero-order valence-electron chi connectivity index (χ0n) is 16.5. The summed E-state index contributed by atoms with van der Waals surface area (Å²) in [7, 11) is 1.28. The Morgan fingerprint density at radius 3 is 2.83 bits per heavy atom. The second kappa shape index (κ2) is 8.14. The second-order valence-corrected chi connectivity index (χ2v) is 8.97. The Kier molecular flexibility index (Phi) is 5.71. The molecule has 0 aliphatic carbocycles. The molecule has 158 valence electrons. The van der Waals surface area contributed by atoms with E-state index in [1.807, 2.05) is 30.3 Å². The number of nitrogens with one attached hydrogen (secondary N) is 1. The maximum atomic E-state index is 12.5. The SMILES string of the molecule is COC(=O)C1=C(CNc2cccc3cc(CO)cc(S)c23)SC2[C@@H](C(C)O)C(=O)N12. The first-order valence-electron chi connectivity index (χ1n) is 9.46. The molecule has 2 unspecified atom stereocenters. The second-order valence-electron chi connectivity index (χ2n) is 7.28. The average molecular weight is 447 g/mol. The van der Waals surface area contributed by atoms with E-state index in [2.05, 4.69) is 17.9 Å². The van der Waals surface area contributed by atoms with Crippen LogP contribution in [-0.4, -0.2) is 52.1 Å². The number of fused-ring (bicyclic) bond motifs is 2. The number of ether oxygens (including phenoxy) is 1. The van der Waals surface area contributed by atoms with E-state index in [0.29, 0.717) is 11.4 Å². The van der Waals surface area contributed by atoms with Crippen molar-refractivity contribution in [3.05, 3.63) is 46.5 Å². The molecule has 2 aromatic carbocycles. The average Bonchev–Trinajstić information content (AvgIpc) is 3.04. The Hall–Kier alpha value is -2.20. The molecule has 2 aliphatic heterocycles. The molecule has 0 radical (unpaired) electrons. The van der Waals surface area contributed by atoms with Crippen LogP contribution in [0.25, 0.3) is 10.8 Å². The van der Waals surface area contributed by atoms with Crippen molar-refractivity contribution < 1.29 is 24.5 Å². The number of thiol groups is 1. The third-order valence-corrected chi connectivity index (χ3v) is 7.11. The van der Waals surface area contributed by atoms with E-state index in [1.54, 1.807) is 6.92 Å². The quantitative estimate of drug-likeness (QED) is 0.307. The van der Waals surface area contributed by atoms with E-state index < -0.39 is 18.0 Å². The normalized spacial score (nSPS) is 21.5. The van der Waals surface area contributed by atoms with Gasteiger partial charge in [-0.2, -0.15) is 0 Å². The van der Waals surface area contributed by atoms with Crippen molar-refractivity contribution >= 4 is 52.7 Å². The summed E-state index contributed by atoms with van der Waals surface area (Å²) < 4.78 is 4.90. The minimum absolute atomic E-state index is 0.0666. The van der Waals surface area contributed by atoms with Gasteiger partial charge in [-0.3, -0.25) is 9.69 Å². The highest BCUT2D eigenvalue weighted by Gasteiger charge is 2.57. The number of amides is 1. The lowest BCUT2D eigenvalue weighted by Crippen LogP contribution is -2.60. The summed E-state index contributed by atoms with van der Waals surface area (Å²) in [5.74, 6) is -1.37. The van der Waals surface area contributed by atoms with Gasteiger partial charge in [-0.15, -0.1) is 12.6 Å². The number of aliphatic hydroxyl groups excluding tert-OH is 2. The Bertz CT molecular complexity index is 1070. The third kappa shape index (κ3) is 3.35. The van der Waals surface area contributed by atoms with Crippen molar-refractivity contribution in [2.75, 3.05) is 19.0 Å². The molecule has 1 saturated heterocycles. The van der Waals surface area contributed by atoms with Crippen LogP contribution >= 0.6 is 24.4 Å². The number of thioether (sulfide) groups is 1. The van der Waals surface area contributed by atoms with Gasteiger partial charge in [0, 0.05) is 27.4 Å². The lowest BCUT2D eigenvalue weighted by Gasteiger charge is -2.43. The molecule has 2 heterocycles. The van der Waals surface area contributed by atoms with Gasteiger partial charge in [0.25, 0.3) is 0 Å². The fourth-order valence-electron chi connectivity index (χ4n) is 3.94. The molecule has 1 fully saturated rings. The molecule has 4 rings (SSSR count). The molecule has 0 spiro atoms. The van der Waals surface area contributed by atoms with Crippen LogP contribution in [0.4, 0.5) is 5.69 Å². The summed E-state index contributed by atoms with van der Waals surface area (Å²) in [6, 6.07) is 9.48. The number of β-lactam (4-membered cyclic amide) rings is 1. The van der Waals surface area contributed by atoms with Crippen molar-refractivity contribution in [3.63, 3.8) is 0 Å². The van der Waals surface area contributed by atoms with Crippen LogP contribution in [0.1, 0.15) is 12.5 Å². The first-order valence-corrected chi connectivity index (χ1v) is 10.8. The zero-order chi connectivity index (χ0) is 21.6. The van der Waals surface area contributed by atoms with E-state index in [9.17, 15) is 19.8 Å². The molecule has 7 nitrogen and oxygen atoms in total. The van der Waals surface area contributed by atoms with Crippen LogP contribution < -0.4 is 5.32 Å². The number of hydrogen-bond donors (Lipinski definition) is 4. The highest BCUT2D eigenvalue weighted by molar-refractivity contribution is 8.04. The summed E-state index contributed by atoms with van der Waals surface area (Å²) in [6.07, 6.45) is -0.789. The van der Waals surface area contributed by atoms with Gasteiger partial charge < -0.3 is 20.3 Å². The number of nitrogens with zero attached hydrogens (tertiary/aromatic N) is 1. The molecular weight excluding hydrogens is 424 g/mol. The smallest absolute Gasteiger partial charge is 0.355 e. The number of benzene rings is 2. The Balaban J connectivity index is 1.64. The number of rotatable bonds is 6. The van der Waals surface area contributed by atoms with Crippen LogP contribution in [0.3, 0.4) is 0 Å². The number of esters is 1. The highest BCUT2D eigenvalue weighted by atomic mass is 32.2. The van der Waals surface area contributed by atoms with Crippen LogP contribution in [0.15, 0.2) is 45.8 Å². The van der Waals surface area contributed by atoms with Crippen molar-refractivity contribution in [2.24, 2.45) is 5.92 Å². The maximum absolute atomic E-state index is 12.5. The molecule has 0 bridgehead atoms. The van der Waals surface area contributed by atoms with Crippen LogP contribution in [0, 0.1) is 5.92 Å². The molecule has 3 atom stereocenters. The summed E-state index contributed by atoms with van der Waals surface area (Å²) in [5, 5.41) is 24.2. The van der Waals surface area contributed by atoms with Gasteiger partial charge in [-0.1, -0.05) is 23.9 Å². The van der Waals surface area contributed by atoms with Crippen LogP contribution in [-0.2, 0) is 20.9 Å². The van der Waals surface area contributed by atoms with Gasteiger partial charge in [0.15, 0.2) is 0 Å². The maximum Gasteiger partial charge on any atom is 0.355 e. The molecular formula is C21H22N2O5S2. The highest BCUT2D eigenvalue weighted by Crippen LogP contribution is 2.50. The van der Waals surface area contributed by atoms with Crippen LogP contribution in [0.5, 0.6) is 0 Å². The van der Waals surface area contributed by atoms with E-state index in [0.717, 1.165) is 26.9 Å². The summed E-state index contributed by atoms with van der Waals surface area (Å²) in [4.78, 5) is 27.7. The van der Waals surface area contributed by atoms with Crippen molar-refractivity contribution in [1.29, 1.82) is 0 Å². The lowest BCUT2D eigenvalue weighted by atomic mass is 9.92. The van der Waals surface area contributed by atoms with Gasteiger partial charge in [-0.05, 0) is 36.1 Å². The van der Waals surface area contributed by atoms with Crippen molar-refractivity contribution in [3.8, 4) is 0 Å². The summed E-state index contributed by atoms with van der Waals surface area (Å²) >= 11 is 5.97. The summed E-state index contributed by atoms with van der Waals surface area (Å²) in [6.45, 7) is 1.83. The molecule has 0 saturated carbocycles. The first kappa shape index (κ1) is 21.0. The monoisotopic (exact) mass is 446 g/mol. The summed E-state index contributed by atoms with van der Waals surface area (Å²) in [5.41, 5.74) is 1.83. The molecule has 30 heavy (non-hydrogen) atoms. The van der Waals surface area contributed by atoms with Gasteiger partial charge in [-0.25, -0.2) is 4.79 Å². The number of hydrogen-bond acceptors (Lipinski definition) is 8. The Morgan fingerprint density at radius 1 is 1.40 bits per heavy atom. The van der Waals surface area contributed by atoms with Crippen LogP contribution in [0.2, 0.25) is 0 Å². The number of methoxy groups -OCH3 is 1. The topological polar surface area (TPSA) is 99.1 Å². The minimum Gasteiger partial charge on any atom is -0.464 e. The van der Waals surface area contributed by atoms with Gasteiger partial charge in [0.05, 0.1) is 25.7 Å². The molecule has 1 amide bonds. The number of carbonyl (C=O) groups excluding carboxylic acids is 2. The standard InChI is InChI=1S/C21H22N2O5S2/c1-10(25)16-19(26)23-18(21(27)28-2)15(30-20(16)23)8-22-13-5-3-4-12-6-11(9-24)7-14(29)17(12)13/h3-7,10,16,20,22,24-25,29H,8-9H2,1-2H3/t10?,16-,20?/m0/s1. The third-order valence-electron chi connectivity index (χ3n) is 5.39. The largest absolute Gasteiger partial charge is 0.464 e. The van der Waals surface area contributed by atoms with E-state index >= 15 is 0 Å². The minimum atomic E-state index is -0.789. The Labute approximate surface area is 183 Å². The fraction of sp³-hybridized carbons (Fsp3) is 0.333. The lowest BCUT2D eigenvalue weighted by molar-refractivity contribution is -0.157. The fourth-order valence-corrected chi connectivity index (χ4v) is 5.91. The van der Waals surface area contributed by atoms with E-state index in [-0.39, 0.29) is 23.6 Å². The number of anilines is 1. The number of aliphatic hydroxyl groups is 2. The van der Waals surface area contributed by atoms with Crippen molar-refractivity contribution in [1.82, 2.24) is 4.90 Å². The van der Waals surface area contributed by atoms with Crippen molar-refractivity contribution in [2.45, 2.75) is 29.9 Å². The predicted molar refractivity (Wildman–Crippen MR) is 118 cm³/mol. The molecule has 2 aromatic rings.